The number of aryl methyl sites for hydroxylation is 1. The summed E-state index contributed by atoms with van der Waals surface area (Å²) in [4.78, 5) is 4.77. The van der Waals surface area contributed by atoms with Gasteiger partial charge in [0.2, 0.25) is 0 Å². The summed E-state index contributed by atoms with van der Waals surface area (Å²) in [7, 11) is 0. The summed E-state index contributed by atoms with van der Waals surface area (Å²) in [5.74, 6) is 2.48. The van der Waals surface area contributed by atoms with E-state index in [1.165, 1.54) is 44.9 Å². The van der Waals surface area contributed by atoms with E-state index in [2.05, 4.69) is 32.3 Å². The van der Waals surface area contributed by atoms with Crippen LogP contribution in [0.25, 0.3) is 0 Å². The second-order valence-corrected chi connectivity index (χ2v) is 6.07. The first-order valence-electron chi connectivity index (χ1n) is 8.46. The van der Waals surface area contributed by atoms with Gasteiger partial charge in [-0.25, -0.2) is 4.98 Å². The Morgan fingerprint density at radius 3 is 2.10 bits per heavy atom. The Morgan fingerprint density at radius 2 is 1.60 bits per heavy atom. The van der Waals surface area contributed by atoms with Crippen LogP contribution in [0.15, 0.2) is 0 Å². The molecular weight excluding hydrogens is 246 g/mol. The fourth-order valence-corrected chi connectivity index (χ4v) is 2.74. The average Bonchev–Trinajstić information content (AvgIpc) is 2.74. The predicted molar refractivity (Wildman–Crippen MR) is 88.1 cm³/mol. The van der Waals surface area contributed by atoms with Gasteiger partial charge < -0.3 is 10.3 Å². The molecule has 0 aliphatic carbocycles. The number of unbranched alkanes of at least 4 members (excludes halogenated alkanes) is 6. The Morgan fingerprint density at radius 1 is 1.00 bits per heavy atom. The number of nitrogens with zero attached hydrogens (tertiary/aromatic N) is 2. The van der Waals surface area contributed by atoms with Gasteiger partial charge in [0.25, 0.3) is 0 Å². The van der Waals surface area contributed by atoms with Crippen molar-refractivity contribution in [2.24, 2.45) is 0 Å². The van der Waals surface area contributed by atoms with Gasteiger partial charge in [-0.2, -0.15) is 0 Å². The lowest BCUT2D eigenvalue weighted by Crippen LogP contribution is -2.06. The number of anilines is 1. The summed E-state index contributed by atoms with van der Waals surface area (Å²) < 4.78 is 2.17. The maximum Gasteiger partial charge on any atom is 0.126 e. The Bertz CT molecular complexity index is 380. The second-order valence-electron chi connectivity index (χ2n) is 6.07. The monoisotopic (exact) mass is 279 g/mol. The van der Waals surface area contributed by atoms with Gasteiger partial charge in [-0.1, -0.05) is 59.3 Å². The molecule has 116 valence electrons. The zero-order chi connectivity index (χ0) is 15.0. The molecule has 0 fully saturated rings. The third-order valence-electron chi connectivity index (χ3n) is 3.96. The largest absolute Gasteiger partial charge is 0.384 e. The molecule has 0 atom stereocenters. The molecule has 0 spiro atoms. The maximum atomic E-state index is 6.23. The second kappa shape index (κ2) is 9.04. The first-order valence-corrected chi connectivity index (χ1v) is 8.46. The van der Waals surface area contributed by atoms with Crippen LogP contribution in [0, 0.1) is 0 Å². The van der Waals surface area contributed by atoms with E-state index in [1.807, 2.05) is 0 Å². The van der Waals surface area contributed by atoms with Crippen molar-refractivity contribution in [1.29, 1.82) is 0 Å². The van der Waals surface area contributed by atoms with Crippen molar-refractivity contribution >= 4 is 5.82 Å². The minimum Gasteiger partial charge on any atom is -0.384 e. The summed E-state index contributed by atoms with van der Waals surface area (Å²) in [6.45, 7) is 9.70. The summed E-state index contributed by atoms with van der Waals surface area (Å²) in [6.07, 6.45) is 10.4. The third-order valence-corrected chi connectivity index (χ3v) is 3.96. The van der Waals surface area contributed by atoms with Crippen molar-refractivity contribution in [2.45, 2.75) is 91.5 Å². The molecule has 1 aromatic rings. The molecular formula is C17H33N3. The highest BCUT2D eigenvalue weighted by molar-refractivity contribution is 5.39. The highest BCUT2D eigenvalue weighted by atomic mass is 15.1. The van der Waals surface area contributed by atoms with Crippen molar-refractivity contribution in [1.82, 2.24) is 9.55 Å². The van der Waals surface area contributed by atoms with Crippen molar-refractivity contribution in [2.75, 3.05) is 5.73 Å². The molecule has 0 bridgehead atoms. The number of imidazole rings is 1. The first-order chi connectivity index (χ1) is 9.61. The predicted octanol–water partition coefficient (Wildman–Crippen LogP) is 4.90. The minimum absolute atomic E-state index is 0.444. The quantitative estimate of drug-likeness (QED) is 0.619. The number of hydrogen-bond donors (Lipinski definition) is 1. The molecule has 0 unspecified atom stereocenters. The van der Waals surface area contributed by atoms with E-state index in [4.69, 9.17) is 10.7 Å². The molecule has 1 heterocycles. The minimum atomic E-state index is 0.444. The topological polar surface area (TPSA) is 43.8 Å². The molecule has 2 N–H and O–H groups in total. The van der Waals surface area contributed by atoms with E-state index in [0.717, 1.165) is 30.3 Å². The van der Waals surface area contributed by atoms with Crippen molar-refractivity contribution < 1.29 is 0 Å². The van der Waals surface area contributed by atoms with E-state index in [9.17, 15) is 0 Å². The molecule has 3 heteroatoms. The van der Waals surface area contributed by atoms with Crippen LogP contribution in [0.4, 0.5) is 5.82 Å². The van der Waals surface area contributed by atoms with Gasteiger partial charge in [-0.05, 0) is 19.8 Å². The summed E-state index contributed by atoms with van der Waals surface area (Å²) >= 11 is 0. The molecule has 20 heavy (non-hydrogen) atoms. The van der Waals surface area contributed by atoms with Crippen LogP contribution in [0.2, 0.25) is 0 Å². The summed E-state index contributed by atoms with van der Waals surface area (Å²) in [5, 5.41) is 0. The number of nitrogens with two attached hydrogens (primary N) is 1. The molecule has 3 nitrogen and oxygen atoms in total. The highest BCUT2D eigenvalue weighted by Gasteiger charge is 2.15. The molecule has 0 amide bonds. The zero-order valence-corrected chi connectivity index (χ0v) is 13.9. The lowest BCUT2D eigenvalue weighted by Gasteiger charge is -2.08. The van der Waals surface area contributed by atoms with Gasteiger partial charge in [-0.3, -0.25) is 0 Å². The van der Waals surface area contributed by atoms with Crippen molar-refractivity contribution in [3.8, 4) is 0 Å². The molecule has 0 radical (unpaired) electrons. The number of hydrogen-bond acceptors (Lipinski definition) is 2. The fourth-order valence-electron chi connectivity index (χ4n) is 2.74. The van der Waals surface area contributed by atoms with Crippen LogP contribution in [-0.4, -0.2) is 9.55 Å². The molecule has 0 aromatic carbocycles. The SMILES string of the molecule is CCCCCCCCCc1nc(C(C)C)n(CC)c1N. The van der Waals surface area contributed by atoms with Crippen LogP contribution in [0.1, 0.15) is 90.1 Å². The van der Waals surface area contributed by atoms with Gasteiger partial charge in [0.05, 0.1) is 5.69 Å². The summed E-state index contributed by atoms with van der Waals surface area (Å²) in [5.41, 5.74) is 7.35. The van der Waals surface area contributed by atoms with E-state index in [-0.39, 0.29) is 0 Å². The number of rotatable bonds is 10. The Balaban J connectivity index is 2.40. The van der Waals surface area contributed by atoms with E-state index < -0.39 is 0 Å². The van der Waals surface area contributed by atoms with Gasteiger partial charge >= 0.3 is 0 Å². The average molecular weight is 279 g/mol. The van der Waals surface area contributed by atoms with Crippen molar-refractivity contribution in [3.63, 3.8) is 0 Å². The molecule has 0 saturated heterocycles. The summed E-state index contributed by atoms with van der Waals surface area (Å²) in [6, 6.07) is 0. The van der Waals surface area contributed by atoms with E-state index in [1.54, 1.807) is 0 Å². The van der Waals surface area contributed by atoms with Crippen LogP contribution in [-0.2, 0) is 13.0 Å². The smallest absolute Gasteiger partial charge is 0.126 e. The molecule has 1 aromatic heterocycles. The lowest BCUT2D eigenvalue weighted by molar-refractivity contribution is 0.587. The fraction of sp³-hybridized carbons (Fsp3) is 0.824. The third kappa shape index (κ3) is 4.84. The van der Waals surface area contributed by atoms with Gasteiger partial charge in [0.1, 0.15) is 11.6 Å². The Hall–Kier alpha value is -0.990. The van der Waals surface area contributed by atoms with Gasteiger partial charge in [-0.15, -0.1) is 0 Å². The van der Waals surface area contributed by atoms with Crippen molar-refractivity contribution in [3.05, 3.63) is 11.5 Å². The van der Waals surface area contributed by atoms with Crippen LogP contribution in [0.3, 0.4) is 0 Å². The first kappa shape index (κ1) is 17.1. The van der Waals surface area contributed by atoms with Crippen LogP contribution < -0.4 is 5.73 Å². The zero-order valence-electron chi connectivity index (χ0n) is 13.9. The van der Waals surface area contributed by atoms with E-state index >= 15 is 0 Å². The molecule has 0 aliphatic heterocycles. The van der Waals surface area contributed by atoms with Gasteiger partial charge in [0, 0.05) is 12.5 Å². The standard InChI is InChI=1S/C17H33N3/c1-5-7-8-9-10-11-12-13-15-16(18)20(6-2)17(19-15)14(3)4/h14H,5-13,18H2,1-4H3. The maximum absolute atomic E-state index is 6.23. The Labute approximate surface area is 125 Å². The number of nitrogen functional groups attached to an aromatic ring is 1. The van der Waals surface area contributed by atoms with Crippen LogP contribution in [0.5, 0.6) is 0 Å². The molecule has 1 rings (SSSR count). The highest BCUT2D eigenvalue weighted by Crippen LogP contribution is 2.22. The van der Waals surface area contributed by atoms with Crippen LogP contribution >= 0.6 is 0 Å². The lowest BCUT2D eigenvalue weighted by atomic mass is 10.1. The molecule has 0 aliphatic rings. The van der Waals surface area contributed by atoms with E-state index in [0.29, 0.717) is 5.92 Å². The van der Waals surface area contributed by atoms with Gasteiger partial charge in [0.15, 0.2) is 0 Å². The number of aromatic nitrogens is 2. The normalized spacial score (nSPS) is 11.4. The molecule has 0 saturated carbocycles. The Kier molecular flexibility index (Phi) is 7.71.